The zero-order valence-corrected chi connectivity index (χ0v) is 22.3. The van der Waals surface area contributed by atoms with Crippen molar-refractivity contribution in [2.45, 2.75) is 44.6 Å². The first-order valence-corrected chi connectivity index (χ1v) is 14.0. The van der Waals surface area contributed by atoms with E-state index in [1.54, 1.807) is 37.3 Å². The van der Waals surface area contributed by atoms with Gasteiger partial charge in [-0.1, -0.05) is 13.0 Å². The van der Waals surface area contributed by atoms with Gasteiger partial charge in [-0.05, 0) is 75.2 Å². The number of anilines is 1. The Balaban J connectivity index is 1.41. The molecule has 1 saturated heterocycles. The fourth-order valence-electron chi connectivity index (χ4n) is 4.59. The van der Waals surface area contributed by atoms with Gasteiger partial charge in [0.25, 0.3) is 10.0 Å². The molecule has 0 bridgehead atoms. The minimum atomic E-state index is -3.95. The molecule has 3 heterocycles. The Labute approximate surface area is 221 Å². The van der Waals surface area contributed by atoms with Crippen LogP contribution in [0.2, 0.25) is 0 Å². The van der Waals surface area contributed by atoms with Crippen LogP contribution in [-0.4, -0.2) is 59.2 Å². The number of H-pyrrole nitrogens is 1. The van der Waals surface area contributed by atoms with E-state index in [1.807, 2.05) is 13.0 Å². The largest absolute Gasteiger partial charge is 0.474 e. The highest BCUT2D eigenvalue weighted by Crippen LogP contribution is 2.30. The average molecular weight is 532 g/mol. The van der Waals surface area contributed by atoms with Crippen molar-refractivity contribution < 1.29 is 13.2 Å². The van der Waals surface area contributed by atoms with Crippen LogP contribution in [-0.2, 0) is 10.0 Å². The maximum absolute atomic E-state index is 13.0. The van der Waals surface area contributed by atoms with Crippen LogP contribution in [0.4, 0.5) is 5.69 Å². The van der Waals surface area contributed by atoms with Crippen LogP contribution in [0.25, 0.3) is 22.4 Å². The van der Waals surface area contributed by atoms with Gasteiger partial charge in [0.1, 0.15) is 22.5 Å². The highest BCUT2D eigenvalue weighted by molar-refractivity contribution is 7.92. The Morgan fingerprint density at radius 1 is 1.13 bits per heavy atom. The summed E-state index contributed by atoms with van der Waals surface area (Å²) in [7, 11) is -3.95. The van der Waals surface area contributed by atoms with E-state index in [0.29, 0.717) is 28.6 Å². The predicted octanol–water partition coefficient (Wildman–Crippen LogP) is 4.17. The first-order chi connectivity index (χ1) is 18.3. The smallest absolute Gasteiger partial charge is 0.263 e. The first-order valence-electron chi connectivity index (χ1n) is 12.5. The van der Waals surface area contributed by atoms with Gasteiger partial charge >= 0.3 is 0 Å². The molecule has 5 rings (SSSR count). The number of rotatable bonds is 7. The van der Waals surface area contributed by atoms with Gasteiger partial charge in [-0.15, -0.1) is 0 Å². The van der Waals surface area contributed by atoms with Crippen LogP contribution in [0.5, 0.6) is 5.88 Å². The number of hydrogen-bond donors (Lipinski definition) is 2. The molecule has 196 valence electrons. The monoisotopic (exact) mass is 531 g/mol. The van der Waals surface area contributed by atoms with Crippen LogP contribution < -0.4 is 9.46 Å². The summed E-state index contributed by atoms with van der Waals surface area (Å²) < 4.78 is 34.9. The normalized spacial score (nSPS) is 14.9. The minimum Gasteiger partial charge on any atom is -0.474 e. The van der Waals surface area contributed by atoms with Crippen molar-refractivity contribution in [3.05, 3.63) is 59.3 Å². The van der Waals surface area contributed by atoms with Crippen LogP contribution in [0.15, 0.2) is 47.4 Å². The third-order valence-electron chi connectivity index (χ3n) is 6.76. The van der Waals surface area contributed by atoms with Crippen molar-refractivity contribution in [3.63, 3.8) is 0 Å². The number of sulfonamides is 1. The molecule has 4 aromatic rings. The molecule has 1 fully saturated rings. The third kappa shape index (κ3) is 5.18. The lowest BCUT2D eigenvalue weighted by atomic mass is 10.1. The molecule has 0 atom stereocenters. The van der Waals surface area contributed by atoms with Crippen molar-refractivity contribution >= 4 is 26.7 Å². The molecule has 1 aliphatic rings. The number of ether oxygens (including phenoxy) is 1. The van der Waals surface area contributed by atoms with Crippen LogP contribution in [0.3, 0.4) is 0 Å². The van der Waals surface area contributed by atoms with Gasteiger partial charge in [0.15, 0.2) is 11.5 Å². The van der Waals surface area contributed by atoms with Crippen LogP contribution in [0.1, 0.15) is 36.6 Å². The van der Waals surface area contributed by atoms with E-state index in [9.17, 15) is 13.7 Å². The minimum absolute atomic E-state index is 0.0571. The quantitative estimate of drug-likeness (QED) is 0.362. The molecule has 1 aliphatic heterocycles. The lowest BCUT2D eigenvalue weighted by Crippen LogP contribution is -2.38. The lowest BCUT2D eigenvalue weighted by Gasteiger charge is -2.31. The lowest BCUT2D eigenvalue weighted by molar-refractivity contribution is 0.101. The molecular weight excluding hydrogens is 502 g/mol. The number of benzene rings is 2. The molecule has 0 unspecified atom stereocenters. The van der Waals surface area contributed by atoms with Gasteiger partial charge in [0.05, 0.1) is 5.56 Å². The predicted molar refractivity (Wildman–Crippen MR) is 144 cm³/mol. The molecule has 0 amide bonds. The summed E-state index contributed by atoms with van der Waals surface area (Å²) >= 11 is 0. The number of nitriles is 1. The number of hydrogen-bond acceptors (Lipinski definition) is 8. The maximum atomic E-state index is 13.0. The second kappa shape index (κ2) is 10.4. The number of piperidine rings is 1. The maximum Gasteiger partial charge on any atom is 0.263 e. The standard InChI is InChI=1S/C27H29N7O3S/c1-4-34-13-11-22(12-14-34)37-27-24-18(3)31-32-26(24)29-25(30-27)19-7-9-21(10-8-19)33-38(35,36)23-15-17(2)5-6-20(23)16-28/h5-10,15,22,33H,4,11-14H2,1-3H3,(H,29,30,31,32). The van der Waals surface area contributed by atoms with Crippen molar-refractivity contribution in [3.8, 4) is 23.3 Å². The van der Waals surface area contributed by atoms with E-state index in [0.717, 1.165) is 49.1 Å². The number of aromatic nitrogens is 4. The number of likely N-dealkylation sites (tertiary alicyclic amines) is 1. The van der Waals surface area contributed by atoms with Gasteiger partial charge in [0.2, 0.25) is 5.88 Å². The summed E-state index contributed by atoms with van der Waals surface area (Å²) in [5.74, 6) is 0.935. The summed E-state index contributed by atoms with van der Waals surface area (Å²) in [4.78, 5) is 11.7. The summed E-state index contributed by atoms with van der Waals surface area (Å²) in [6, 6.07) is 13.4. The van der Waals surface area contributed by atoms with Gasteiger partial charge < -0.3 is 9.64 Å². The summed E-state index contributed by atoms with van der Waals surface area (Å²) in [5.41, 5.74) is 3.23. The molecule has 38 heavy (non-hydrogen) atoms. The number of aromatic amines is 1. The summed E-state index contributed by atoms with van der Waals surface area (Å²) in [6.45, 7) is 8.87. The van der Waals surface area contributed by atoms with E-state index in [-0.39, 0.29) is 16.6 Å². The van der Waals surface area contributed by atoms with E-state index < -0.39 is 10.0 Å². The molecule has 0 radical (unpaired) electrons. The molecule has 2 aromatic heterocycles. The highest BCUT2D eigenvalue weighted by Gasteiger charge is 2.23. The number of aryl methyl sites for hydroxylation is 2. The van der Waals surface area contributed by atoms with Crippen molar-refractivity contribution in [2.24, 2.45) is 0 Å². The molecule has 0 aliphatic carbocycles. The molecular formula is C27H29N7O3S. The topological polar surface area (TPSA) is 137 Å². The molecule has 10 nitrogen and oxygen atoms in total. The SMILES string of the molecule is CCN1CCC(Oc2nc(-c3ccc(NS(=O)(=O)c4cc(C)ccc4C#N)cc3)nc3n[nH]c(C)c23)CC1. The molecule has 2 N–H and O–H groups in total. The molecule has 0 saturated carbocycles. The Kier molecular flexibility index (Phi) is 7.01. The van der Waals surface area contributed by atoms with Crippen molar-refractivity contribution in [2.75, 3.05) is 24.4 Å². The van der Waals surface area contributed by atoms with Crippen LogP contribution in [0, 0.1) is 25.2 Å². The number of fused-ring (bicyclic) bond motifs is 1. The van der Waals surface area contributed by atoms with Crippen molar-refractivity contribution in [1.29, 1.82) is 5.26 Å². The Morgan fingerprint density at radius 3 is 2.55 bits per heavy atom. The Hall–Kier alpha value is -4.01. The second-order valence-corrected chi connectivity index (χ2v) is 11.1. The highest BCUT2D eigenvalue weighted by atomic mass is 32.2. The van der Waals surface area contributed by atoms with Gasteiger partial charge in [-0.3, -0.25) is 9.82 Å². The van der Waals surface area contributed by atoms with Crippen LogP contribution >= 0.6 is 0 Å². The van der Waals surface area contributed by atoms with Gasteiger partial charge in [-0.2, -0.15) is 15.3 Å². The van der Waals surface area contributed by atoms with Gasteiger partial charge in [0, 0.05) is 30.0 Å². The Morgan fingerprint density at radius 2 is 1.87 bits per heavy atom. The first kappa shape index (κ1) is 25.6. The molecule has 2 aromatic carbocycles. The van der Waals surface area contributed by atoms with E-state index in [4.69, 9.17) is 9.72 Å². The molecule has 0 spiro atoms. The fourth-order valence-corrected chi connectivity index (χ4v) is 5.89. The number of nitrogens with one attached hydrogen (secondary N) is 2. The van der Waals surface area contributed by atoms with E-state index in [2.05, 4.69) is 31.7 Å². The van der Waals surface area contributed by atoms with E-state index >= 15 is 0 Å². The van der Waals surface area contributed by atoms with E-state index in [1.165, 1.54) is 12.1 Å². The number of nitrogens with zero attached hydrogens (tertiary/aromatic N) is 5. The zero-order chi connectivity index (χ0) is 26.9. The average Bonchev–Trinajstić information content (AvgIpc) is 3.30. The summed E-state index contributed by atoms with van der Waals surface area (Å²) in [6.07, 6.45) is 1.92. The molecule has 11 heteroatoms. The zero-order valence-electron chi connectivity index (χ0n) is 21.5. The second-order valence-electron chi connectivity index (χ2n) is 9.45. The Bertz CT molecular complexity index is 1620. The third-order valence-corrected chi connectivity index (χ3v) is 8.18. The van der Waals surface area contributed by atoms with Gasteiger partial charge in [-0.25, -0.2) is 13.4 Å². The van der Waals surface area contributed by atoms with Crippen molar-refractivity contribution in [1.82, 2.24) is 25.1 Å². The fraction of sp³-hybridized carbons (Fsp3) is 0.333. The summed E-state index contributed by atoms with van der Waals surface area (Å²) in [5, 5.41) is 17.4.